The van der Waals surface area contributed by atoms with Crippen LogP contribution in [-0.4, -0.2) is 10.8 Å². The first-order chi connectivity index (χ1) is 9.90. The predicted molar refractivity (Wildman–Crippen MR) is 72.4 cm³/mol. The first-order valence-electron chi connectivity index (χ1n) is 5.59. The van der Waals surface area contributed by atoms with E-state index in [0.717, 1.165) is 30.3 Å². The van der Waals surface area contributed by atoms with Crippen molar-refractivity contribution in [1.29, 1.82) is 0 Å². The van der Waals surface area contributed by atoms with E-state index in [1.54, 1.807) is 0 Å². The van der Waals surface area contributed by atoms with Crippen LogP contribution in [0, 0.1) is 21.7 Å². The van der Waals surface area contributed by atoms with Gasteiger partial charge in [-0.1, -0.05) is 17.7 Å². The van der Waals surface area contributed by atoms with E-state index < -0.39 is 33.7 Å². The molecule has 0 heterocycles. The number of anilines is 1. The number of carbonyl (C=O) groups is 1. The predicted octanol–water partition coefficient (Wildman–Crippen LogP) is 3.78. The summed E-state index contributed by atoms with van der Waals surface area (Å²) < 4.78 is 27.0. The van der Waals surface area contributed by atoms with Gasteiger partial charge < -0.3 is 5.32 Å². The Morgan fingerprint density at radius 2 is 1.81 bits per heavy atom. The Balaban J connectivity index is 2.40. The quantitative estimate of drug-likeness (QED) is 0.692. The zero-order valence-corrected chi connectivity index (χ0v) is 11.0. The van der Waals surface area contributed by atoms with Gasteiger partial charge in [-0.15, -0.1) is 0 Å². The molecule has 2 aromatic carbocycles. The van der Waals surface area contributed by atoms with Crippen LogP contribution in [0.25, 0.3) is 0 Å². The van der Waals surface area contributed by atoms with E-state index in [-0.39, 0.29) is 10.7 Å². The average Bonchev–Trinajstić information content (AvgIpc) is 2.38. The van der Waals surface area contributed by atoms with Crippen LogP contribution in [0.3, 0.4) is 0 Å². The monoisotopic (exact) mass is 312 g/mol. The molecule has 1 N–H and O–H groups in total. The maximum absolute atomic E-state index is 13.5. The number of hydrogen-bond acceptors (Lipinski definition) is 3. The molecule has 0 saturated heterocycles. The maximum atomic E-state index is 13.5. The van der Waals surface area contributed by atoms with Crippen molar-refractivity contribution in [2.24, 2.45) is 0 Å². The fraction of sp³-hybridized carbons (Fsp3) is 0. The van der Waals surface area contributed by atoms with Crippen molar-refractivity contribution >= 4 is 28.9 Å². The molecular weight excluding hydrogens is 306 g/mol. The molecule has 2 aromatic rings. The second kappa shape index (κ2) is 5.84. The molecule has 8 heteroatoms. The van der Waals surface area contributed by atoms with Crippen LogP contribution >= 0.6 is 11.6 Å². The summed E-state index contributed by atoms with van der Waals surface area (Å²) in [5.74, 6) is -3.29. The molecule has 0 bridgehead atoms. The van der Waals surface area contributed by atoms with Crippen LogP contribution in [0.4, 0.5) is 20.2 Å². The van der Waals surface area contributed by atoms with E-state index in [9.17, 15) is 23.7 Å². The van der Waals surface area contributed by atoms with E-state index in [1.165, 1.54) is 6.07 Å². The van der Waals surface area contributed by atoms with Gasteiger partial charge in [-0.2, -0.15) is 0 Å². The number of nitrogens with one attached hydrogen (secondary N) is 1. The van der Waals surface area contributed by atoms with Gasteiger partial charge >= 0.3 is 0 Å². The molecule has 0 fully saturated rings. The Hall–Kier alpha value is -2.54. The molecule has 0 radical (unpaired) electrons. The van der Waals surface area contributed by atoms with E-state index in [2.05, 4.69) is 5.32 Å². The molecule has 0 aliphatic heterocycles. The molecule has 108 valence electrons. The normalized spacial score (nSPS) is 10.2. The minimum Gasteiger partial charge on any atom is -0.316 e. The summed E-state index contributed by atoms with van der Waals surface area (Å²) in [6.07, 6.45) is 0. The SMILES string of the molecule is O=C(Nc1cc(Cl)ccc1[N+](=O)[O-])c1c(F)cccc1F. The number of halogens is 3. The fourth-order valence-electron chi connectivity index (χ4n) is 1.67. The lowest BCUT2D eigenvalue weighted by atomic mass is 10.1. The maximum Gasteiger partial charge on any atom is 0.292 e. The van der Waals surface area contributed by atoms with Crippen molar-refractivity contribution < 1.29 is 18.5 Å². The third-order valence-corrected chi connectivity index (χ3v) is 2.83. The molecule has 0 unspecified atom stereocenters. The van der Waals surface area contributed by atoms with Crippen LogP contribution in [-0.2, 0) is 0 Å². The van der Waals surface area contributed by atoms with Gasteiger partial charge in [0.25, 0.3) is 11.6 Å². The molecule has 0 aromatic heterocycles. The Labute approximate surface area is 122 Å². The Morgan fingerprint density at radius 3 is 2.38 bits per heavy atom. The number of rotatable bonds is 3. The van der Waals surface area contributed by atoms with E-state index in [4.69, 9.17) is 11.6 Å². The number of nitrogens with zero attached hydrogens (tertiary/aromatic N) is 1. The molecule has 2 rings (SSSR count). The highest BCUT2D eigenvalue weighted by Crippen LogP contribution is 2.28. The molecule has 0 saturated carbocycles. The summed E-state index contributed by atoms with van der Waals surface area (Å²) in [4.78, 5) is 22.0. The van der Waals surface area contributed by atoms with Crippen LogP contribution in [0.1, 0.15) is 10.4 Å². The number of nitro groups is 1. The lowest BCUT2D eigenvalue weighted by Crippen LogP contribution is -2.16. The smallest absolute Gasteiger partial charge is 0.292 e. The highest BCUT2D eigenvalue weighted by Gasteiger charge is 2.21. The second-order valence-corrected chi connectivity index (χ2v) is 4.41. The Bertz CT molecular complexity index is 717. The van der Waals surface area contributed by atoms with Crippen molar-refractivity contribution in [3.05, 3.63) is 68.7 Å². The van der Waals surface area contributed by atoms with Gasteiger partial charge in [0.1, 0.15) is 22.9 Å². The van der Waals surface area contributed by atoms with E-state index in [0.29, 0.717) is 0 Å². The third-order valence-electron chi connectivity index (χ3n) is 2.59. The molecule has 5 nitrogen and oxygen atoms in total. The van der Waals surface area contributed by atoms with Crippen LogP contribution in [0.2, 0.25) is 5.02 Å². The highest BCUT2D eigenvalue weighted by atomic mass is 35.5. The lowest BCUT2D eigenvalue weighted by Gasteiger charge is -2.08. The van der Waals surface area contributed by atoms with Gasteiger partial charge in [0, 0.05) is 11.1 Å². The van der Waals surface area contributed by atoms with Crippen molar-refractivity contribution in [2.75, 3.05) is 5.32 Å². The first-order valence-corrected chi connectivity index (χ1v) is 5.97. The number of nitro benzene ring substituents is 1. The van der Waals surface area contributed by atoms with Crippen LogP contribution in [0.5, 0.6) is 0 Å². The largest absolute Gasteiger partial charge is 0.316 e. The first kappa shape index (κ1) is 14.9. The molecule has 21 heavy (non-hydrogen) atoms. The number of hydrogen-bond donors (Lipinski definition) is 1. The van der Waals surface area contributed by atoms with Crippen molar-refractivity contribution in [1.82, 2.24) is 0 Å². The summed E-state index contributed by atoms with van der Waals surface area (Å²) in [7, 11) is 0. The van der Waals surface area contributed by atoms with E-state index >= 15 is 0 Å². The lowest BCUT2D eigenvalue weighted by molar-refractivity contribution is -0.383. The zero-order valence-electron chi connectivity index (χ0n) is 10.3. The zero-order chi connectivity index (χ0) is 15.6. The Morgan fingerprint density at radius 1 is 1.19 bits per heavy atom. The molecule has 0 aliphatic rings. The van der Waals surface area contributed by atoms with Gasteiger partial charge in [-0.25, -0.2) is 8.78 Å². The summed E-state index contributed by atoms with van der Waals surface area (Å²) in [5, 5.41) is 13.1. The van der Waals surface area contributed by atoms with Crippen molar-refractivity contribution in [3.63, 3.8) is 0 Å². The summed E-state index contributed by atoms with van der Waals surface area (Å²) >= 11 is 5.69. The average molecular weight is 313 g/mol. The minimum atomic E-state index is -1.14. The minimum absolute atomic E-state index is 0.130. The van der Waals surface area contributed by atoms with Gasteiger partial charge in [0.2, 0.25) is 0 Å². The summed E-state index contributed by atoms with van der Waals surface area (Å²) in [6, 6.07) is 6.38. The molecule has 0 aliphatic carbocycles. The molecule has 1 amide bonds. The molecular formula is C13H7ClF2N2O3. The third kappa shape index (κ3) is 3.14. The number of benzene rings is 2. The summed E-state index contributed by atoms with van der Waals surface area (Å²) in [5.41, 5.74) is -1.52. The van der Waals surface area contributed by atoms with Gasteiger partial charge in [-0.05, 0) is 24.3 Å². The second-order valence-electron chi connectivity index (χ2n) is 3.97. The van der Waals surface area contributed by atoms with Crippen LogP contribution in [0.15, 0.2) is 36.4 Å². The summed E-state index contributed by atoms with van der Waals surface area (Å²) in [6.45, 7) is 0. The number of carbonyl (C=O) groups excluding carboxylic acids is 1. The van der Waals surface area contributed by atoms with Crippen molar-refractivity contribution in [3.8, 4) is 0 Å². The van der Waals surface area contributed by atoms with Crippen LogP contribution < -0.4 is 5.32 Å². The standard InChI is InChI=1S/C13H7ClF2N2O3/c14-7-4-5-11(18(20)21)10(6-7)17-13(19)12-8(15)2-1-3-9(12)16/h1-6H,(H,17,19). The molecule has 0 spiro atoms. The highest BCUT2D eigenvalue weighted by molar-refractivity contribution is 6.31. The number of amides is 1. The Kier molecular flexibility index (Phi) is 4.13. The van der Waals surface area contributed by atoms with Gasteiger partial charge in [-0.3, -0.25) is 14.9 Å². The van der Waals surface area contributed by atoms with Crippen molar-refractivity contribution in [2.45, 2.75) is 0 Å². The fourth-order valence-corrected chi connectivity index (χ4v) is 1.84. The van der Waals surface area contributed by atoms with E-state index in [1.807, 2.05) is 0 Å². The molecule has 0 atom stereocenters. The topological polar surface area (TPSA) is 72.2 Å². The van der Waals surface area contributed by atoms with Gasteiger partial charge in [0.05, 0.1) is 4.92 Å². The van der Waals surface area contributed by atoms with Gasteiger partial charge in [0.15, 0.2) is 0 Å².